The third-order valence-corrected chi connectivity index (χ3v) is 4.87. The lowest BCUT2D eigenvalue weighted by Crippen LogP contribution is -2.42. The standard InChI is InChI=1S/C20H34N4O/c1-17(19-8-5-4-6-9-19)25-15-7-12-22-20(21-2)23-16-18-10-13-24(3)14-11-18/h4-6,8-9,17-18H,7,10-16H2,1-3H3,(H2,21,22,23). The Morgan fingerprint density at radius 2 is 1.96 bits per heavy atom. The van der Waals surface area contributed by atoms with E-state index in [4.69, 9.17) is 4.74 Å². The molecule has 2 rings (SSSR count). The minimum atomic E-state index is 0.142. The van der Waals surface area contributed by atoms with E-state index in [-0.39, 0.29) is 6.10 Å². The van der Waals surface area contributed by atoms with Crippen LogP contribution in [0.2, 0.25) is 0 Å². The first-order valence-corrected chi connectivity index (χ1v) is 9.48. The fourth-order valence-corrected chi connectivity index (χ4v) is 3.09. The van der Waals surface area contributed by atoms with Crippen molar-refractivity contribution in [1.29, 1.82) is 0 Å². The molecule has 1 aromatic carbocycles. The van der Waals surface area contributed by atoms with E-state index < -0.39 is 0 Å². The Kier molecular flexibility index (Phi) is 8.77. The van der Waals surface area contributed by atoms with Crippen molar-refractivity contribution < 1.29 is 4.74 Å². The molecule has 2 N–H and O–H groups in total. The van der Waals surface area contributed by atoms with E-state index in [1.165, 1.54) is 31.5 Å². The maximum atomic E-state index is 5.90. The number of nitrogens with zero attached hydrogens (tertiary/aromatic N) is 2. The first-order chi connectivity index (χ1) is 12.2. The van der Waals surface area contributed by atoms with Gasteiger partial charge in [-0.2, -0.15) is 0 Å². The lowest BCUT2D eigenvalue weighted by Gasteiger charge is -2.29. The highest BCUT2D eigenvalue weighted by atomic mass is 16.5. The molecule has 1 atom stereocenters. The quantitative estimate of drug-likeness (QED) is 0.432. The molecule has 0 spiro atoms. The summed E-state index contributed by atoms with van der Waals surface area (Å²) in [5.74, 6) is 1.65. The summed E-state index contributed by atoms with van der Waals surface area (Å²) in [5.41, 5.74) is 1.23. The number of nitrogens with one attached hydrogen (secondary N) is 2. The van der Waals surface area contributed by atoms with Crippen LogP contribution in [0.15, 0.2) is 35.3 Å². The van der Waals surface area contributed by atoms with Crippen molar-refractivity contribution in [3.8, 4) is 0 Å². The molecule has 0 amide bonds. The predicted octanol–water partition coefficient (Wildman–Crippen LogP) is 2.66. The summed E-state index contributed by atoms with van der Waals surface area (Å²) < 4.78 is 5.90. The maximum Gasteiger partial charge on any atom is 0.190 e. The highest BCUT2D eigenvalue weighted by molar-refractivity contribution is 5.79. The zero-order chi connectivity index (χ0) is 17.9. The fourth-order valence-electron chi connectivity index (χ4n) is 3.09. The van der Waals surface area contributed by atoms with E-state index in [0.717, 1.165) is 38.0 Å². The molecule has 0 saturated carbocycles. The van der Waals surface area contributed by atoms with Crippen LogP contribution >= 0.6 is 0 Å². The van der Waals surface area contributed by atoms with Crippen molar-refractivity contribution in [3.05, 3.63) is 35.9 Å². The van der Waals surface area contributed by atoms with Crippen molar-refractivity contribution in [2.24, 2.45) is 10.9 Å². The van der Waals surface area contributed by atoms with E-state index >= 15 is 0 Å². The van der Waals surface area contributed by atoms with Gasteiger partial charge in [-0.15, -0.1) is 0 Å². The molecule has 1 fully saturated rings. The van der Waals surface area contributed by atoms with Gasteiger partial charge in [0.25, 0.3) is 0 Å². The van der Waals surface area contributed by atoms with Gasteiger partial charge in [-0.3, -0.25) is 4.99 Å². The molecule has 140 valence electrons. The number of rotatable bonds is 8. The van der Waals surface area contributed by atoms with Crippen LogP contribution in [0, 0.1) is 5.92 Å². The number of guanidine groups is 1. The largest absolute Gasteiger partial charge is 0.374 e. The summed E-state index contributed by atoms with van der Waals surface area (Å²) in [6, 6.07) is 10.4. The molecule has 0 bridgehead atoms. The van der Waals surface area contributed by atoms with Crippen molar-refractivity contribution in [3.63, 3.8) is 0 Å². The van der Waals surface area contributed by atoms with E-state index in [0.29, 0.717) is 0 Å². The second-order valence-corrected chi connectivity index (χ2v) is 6.90. The Morgan fingerprint density at radius 3 is 2.64 bits per heavy atom. The zero-order valence-electron chi connectivity index (χ0n) is 16.0. The molecule has 1 aromatic rings. The van der Waals surface area contributed by atoms with E-state index in [9.17, 15) is 0 Å². The Labute approximate surface area is 152 Å². The van der Waals surface area contributed by atoms with Gasteiger partial charge < -0.3 is 20.3 Å². The molecule has 1 unspecified atom stereocenters. The highest BCUT2D eigenvalue weighted by Gasteiger charge is 2.16. The van der Waals surface area contributed by atoms with Crippen LogP contribution in [-0.4, -0.2) is 57.7 Å². The minimum absolute atomic E-state index is 0.142. The van der Waals surface area contributed by atoms with Crippen molar-refractivity contribution in [1.82, 2.24) is 15.5 Å². The molecule has 1 aliphatic heterocycles. The molecule has 25 heavy (non-hydrogen) atoms. The average molecular weight is 347 g/mol. The molecule has 5 nitrogen and oxygen atoms in total. The third kappa shape index (κ3) is 7.45. The number of ether oxygens (including phenoxy) is 1. The molecule has 0 aliphatic carbocycles. The lowest BCUT2D eigenvalue weighted by atomic mass is 9.97. The van der Waals surface area contributed by atoms with E-state index in [2.05, 4.69) is 58.8 Å². The number of benzene rings is 1. The van der Waals surface area contributed by atoms with Gasteiger partial charge in [-0.25, -0.2) is 0 Å². The van der Waals surface area contributed by atoms with Crippen molar-refractivity contribution in [2.75, 3.05) is 46.9 Å². The summed E-state index contributed by atoms with van der Waals surface area (Å²) in [6.07, 6.45) is 3.65. The van der Waals surface area contributed by atoms with Gasteiger partial charge in [-0.05, 0) is 57.8 Å². The topological polar surface area (TPSA) is 48.9 Å². The molecule has 5 heteroatoms. The first-order valence-electron chi connectivity index (χ1n) is 9.48. The second kappa shape index (κ2) is 11.1. The minimum Gasteiger partial charge on any atom is -0.374 e. The SMILES string of the molecule is CN=C(NCCCOC(C)c1ccccc1)NCC1CCN(C)CC1. The average Bonchev–Trinajstić information content (AvgIpc) is 2.65. The normalized spacial score (nSPS) is 18.1. The maximum absolute atomic E-state index is 5.90. The summed E-state index contributed by atoms with van der Waals surface area (Å²) in [6.45, 7) is 7.13. The highest BCUT2D eigenvalue weighted by Crippen LogP contribution is 2.16. The fraction of sp³-hybridized carbons (Fsp3) is 0.650. The Hall–Kier alpha value is -1.59. The van der Waals surface area contributed by atoms with Crippen LogP contribution < -0.4 is 10.6 Å². The zero-order valence-corrected chi connectivity index (χ0v) is 16.0. The second-order valence-electron chi connectivity index (χ2n) is 6.90. The molecular weight excluding hydrogens is 312 g/mol. The van der Waals surface area contributed by atoms with Gasteiger partial charge in [0, 0.05) is 26.7 Å². The monoisotopic (exact) mass is 346 g/mol. The summed E-state index contributed by atoms with van der Waals surface area (Å²) >= 11 is 0. The van der Waals surface area contributed by atoms with E-state index in [1.54, 1.807) is 0 Å². The van der Waals surface area contributed by atoms with E-state index in [1.807, 2.05) is 13.1 Å². The number of hydrogen-bond donors (Lipinski definition) is 2. The van der Waals surface area contributed by atoms with Crippen LogP contribution in [-0.2, 0) is 4.74 Å². The predicted molar refractivity (Wildman–Crippen MR) is 105 cm³/mol. The summed E-state index contributed by atoms with van der Waals surface area (Å²) in [5, 5.41) is 6.84. The van der Waals surface area contributed by atoms with Crippen molar-refractivity contribution in [2.45, 2.75) is 32.3 Å². The van der Waals surface area contributed by atoms with Gasteiger partial charge >= 0.3 is 0 Å². The Morgan fingerprint density at radius 1 is 1.24 bits per heavy atom. The Bertz CT molecular complexity index is 498. The van der Waals surface area contributed by atoms with Gasteiger partial charge in [0.05, 0.1) is 6.10 Å². The lowest BCUT2D eigenvalue weighted by molar-refractivity contribution is 0.0646. The molecule has 1 aliphatic rings. The number of piperidine rings is 1. The van der Waals surface area contributed by atoms with Gasteiger partial charge in [0.2, 0.25) is 0 Å². The number of likely N-dealkylation sites (tertiary alicyclic amines) is 1. The van der Waals surface area contributed by atoms with Gasteiger partial charge in [-0.1, -0.05) is 30.3 Å². The van der Waals surface area contributed by atoms with Crippen LogP contribution in [0.1, 0.15) is 37.9 Å². The van der Waals surface area contributed by atoms with Crippen LogP contribution in [0.4, 0.5) is 0 Å². The molecule has 0 radical (unpaired) electrons. The van der Waals surface area contributed by atoms with Gasteiger partial charge in [0.15, 0.2) is 5.96 Å². The Balaban J connectivity index is 1.55. The van der Waals surface area contributed by atoms with Crippen molar-refractivity contribution >= 4 is 5.96 Å². The summed E-state index contributed by atoms with van der Waals surface area (Å²) in [7, 11) is 4.03. The van der Waals surface area contributed by atoms with Crippen LogP contribution in [0.25, 0.3) is 0 Å². The number of aliphatic imine (C=N–C) groups is 1. The molecular formula is C20H34N4O. The summed E-state index contributed by atoms with van der Waals surface area (Å²) in [4.78, 5) is 6.71. The van der Waals surface area contributed by atoms with Crippen LogP contribution in [0.3, 0.4) is 0 Å². The molecule has 0 aromatic heterocycles. The molecule has 1 heterocycles. The van der Waals surface area contributed by atoms with Crippen LogP contribution in [0.5, 0.6) is 0 Å². The molecule has 1 saturated heterocycles. The first kappa shape index (κ1) is 19.7. The number of hydrogen-bond acceptors (Lipinski definition) is 3. The van der Waals surface area contributed by atoms with Gasteiger partial charge in [0.1, 0.15) is 0 Å². The smallest absolute Gasteiger partial charge is 0.190 e. The third-order valence-electron chi connectivity index (χ3n) is 4.87.